The fourth-order valence-corrected chi connectivity index (χ4v) is 2.92. The van der Waals surface area contributed by atoms with E-state index in [1.54, 1.807) is 25.1 Å². The van der Waals surface area contributed by atoms with E-state index in [9.17, 15) is 22.8 Å². The minimum absolute atomic E-state index is 0.0245. The maximum absolute atomic E-state index is 12.9. The number of nitrogens with zero attached hydrogens (tertiary/aromatic N) is 3. The number of aryl methyl sites for hydroxylation is 1. The van der Waals surface area contributed by atoms with Gasteiger partial charge in [0, 0.05) is 18.8 Å². The Labute approximate surface area is 158 Å². The molecule has 1 amide bonds. The maximum Gasteiger partial charge on any atom is 0.416 e. The molecule has 2 aromatic rings. The highest BCUT2D eigenvalue weighted by molar-refractivity contribution is 5.95. The lowest BCUT2D eigenvalue weighted by Crippen LogP contribution is -2.52. The normalized spacial score (nSPS) is 17.5. The molecule has 0 bridgehead atoms. The second-order valence-electron chi connectivity index (χ2n) is 6.26. The van der Waals surface area contributed by atoms with E-state index in [4.69, 9.17) is 9.47 Å². The van der Waals surface area contributed by atoms with Crippen molar-refractivity contribution < 1.29 is 27.4 Å². The summed E-state index contributed by atoms with van der Waals surface area (Å²) in [5, 5.41) is 0. The van der Waals surface area contributed by atoms with Gasteiger partial charge in [-0.15, -0.1) is 0 Å². The van der Waals surface area contributed by atoms with Gasteiger partial charge in [-0.1, -0.05) is 0 Å². The first-order valence-electron chi connectivity index (χ1n) is 8.42. The van der Waals surface area contributed by atoms with E-state index in [1.165, 1.54) is 24.1 Å². The highest BCUT2D eigenvalue weighted by Gasteiger charge is 2.44. The predicted molar refractivity (Wildman–Crippen MR) is 92.8 cm³/mol. The van der Waals surface area contributed by atoms with Gasteiger partial charge in [0.2, 0.25) is 5.88 Å². The Morgan fingerprint density at radius 2 is 2.07 bits per heavy atom. The summed E-state index contributed by atoms with van der Waals surface area (Å²) in [5.74, 6) is -0.400. The summed E-state index contributed by atoms with van der Waals surface area (Å²) < 4.78 is 49.7. The number of pyridine rings is 2. The zero-order valence-electron chi connectivity index (χ0n) is 15.2. The maximum atomic E-state index is 12.9. The highest BCUT2D eigenvalue weighted by Crippen LogP contribution is 2.26. The average molecular weight is 397 g/mol. The van der Waals surface area contributed by atoms with Crippen LogP contribution in [0.3, 0.4) is 0 Å². The molecule has 1 unspecified atom stereocenters. The lowest BCUT2D eigenvalue weighted by molar-refractivity contribution is -0.233. The van der Waals surface area contributed by atoms with Gasteiger partial charge in [0.1, 0.15) is 5.56 Å². The first-order valence-corrected chi connectivity index (χ1v) is 8.42. The molecule has 28 heavy (non-hydrogen) atoms. The molecule has 0 aliphatic carbocycles. The Kier molecular flexibility index (Phi) is 5.41. The van der Waals surface area contributed by atoms with Crippen LogP contribution >= 0.6 is 0 Å². The number of carbonyl (C=O) groups is 1. The molecule has 7 nitrogen and oxygen atoms in total. The van der Waals surface area contributed by atoms with Crippen LogP contribution in [-0.2, 0) is 4.74 Å². The fourth-order valence-electron chi connectivity index (χ4n) is 2.92. The van der Waals surface area contributed by atoms with Crippen molar-refractivity contribution in [1.29, 1.82) is 0 Å². The lowest BCUT2D eigenvalue weighted by Gasteiger charge is -2.34. The number of ether oxygens (including phenoxy) is 2. The molecule has 1 saturated heterocycles. The van der Waals surface area contributed by atoms with E-state index >= 15 is 0 Å². The van der Waals surface area contributed by atoms with Crippen LogP contribution in [0.25, 0.3) is 5.69 Å². The number of amides is 1. The van der Waals surface area contributed by atoms with Crippen molar-refractivity contribution in [1.82, 2.24) is 14.5 Å². The van der Waals surface area contributed by atoms with E-state index in [0.717, 1.165) is 4.90 Å². The Morgan fingerprint density at radius 1 is 1.32 bits per heavy atom. The molecule has 0 N–H and O–H groups in total. The zero-order chi connectivity index (χ0) is 20.5. The second-order valence-corrected chi connectivity index (χ2v) is 6.26. The summed E-state index contributed by atoms with van der Waals surface area (Å²) in [6, 6.07) is 4.70. The molecule has 0 saturated carbocycles. The molecule has 1 fully saturated rings. The van der Waals surface area contributed by atoms with E-state index < -0.39 is 30.3 Å². The van der Waals surface area contributed by atoms with Crippen LogP contribution in [0.4, 0.5) is 13.2 Å². The third-order valence-electron chi connectivity index (χ3n) is 4.44. The van der Waals surface area contributed by atoms with Gasteiger partial charge < -0.3 is 14.4 Å². The van der Waals surface area contributed by atoms with E-state index in [0.29, 0.717) is 17.1 Å². The van der Waals surface area contributed by atoms with Crippen LogP contribution in [-0.4, -0.2) is 59.4 Å². The van der Waals surface area contributed by atoms with Crippen LogP contribution in [0.5, 0.6) is 5.88 Å². The predicted octanol–water partition coefficient (Wildman–Crippen LogP) is 1.95. The minimum Gasteiger partial charge on any atom is -0.481 e. The topological polar surface area (TPSA) is 73.7 Å². The molecular weight excluding hydrogens is 379 g/mol. The van der Waals surface area contributed by atoms with Crippen molar-refractivity contribution in [2.24, 2.45) is 0 Å². The monoisotopic (exact) mass is 397 g/mol. The molecule has 10 heteroatoms. The molecule has 2 aromatic heterocycles. The van der Waals surface area contributed by atoms with E-state index in [2.05, 4.69) is 4.98 Å². The van der Waals surface area contributed by atoms with Crippen molar-refractivity contribution in [3.8, 4) is 11.6 Å². The molecule has 1 aliphatic heterocycles. The van der Waals surface area contributed by atoms with Crippen LogP contribution in [0.2, 0.25) is 0 Å². The van der Waals surface area contributed by atoms with Gasteiger partial charge in [0.05, 0.1) is 32.1 Å². The van der Waals surface area contributed by atoms with Crippen molar-refractivity contribution >= 4 is 5.91 Å². The number of halogens is 3. The Bertz CT molecular complexity index is 925. The largest absolute Gasteiger partial charge is 0.481 e. The van der Waals surface area contributed by atoms with Gasteiger partial charge in [-0.05, 0) is 24.6 Å². The summed E-state index contributed by atoms with van der Waals surface area (Å²) in [4.78, 5) is 30.8. The van der Waals surface area contributed by atoms with Gasteiger partial charge in [-0.2, -0.15) is 13.2 Å². The molecule has 150 valence electrons. The van der Waals surface area contributed by atoms with Crippen LogP contribution < -0.4 is 10.3 Å². The highest BCUT2D eigenvalue weighted by atomic mass is 19.4. The van der Waals surface area contributed by atoms with Gasteiger partial charge in [0.25, 0.3) is 11.5 Å². The number of methoxy groups -OCH3 is 1. The third-order valence-corrected chi connectivity index (χ3v) is 4.44. The number of hydrogen-bond acceptors (Lipinski definition) is 5. The fraction of sp³-hybridized carbons (Fsp3) is 0.389. The van der Waals surface area contributed by atoms with Crippen molar-refractivity contribution in [2.75, 3.05) is 26.8 Å². The van der Waals surface area contributed by atoms with Gasteiger partial charge in [0.15, 0.2) is 6.10 Å². The third kappa shape index (κ3) is 3.86. The van der Waals surface area contributed by atoms with E-state index in [-0.39, 0.29) is 18.7 Å². The second kappa shape index (κ2) is 7.63. The van der Waals surface area contributed by atoms with Gasteiger partial charge in [-0.25, -0.2) is 4.98 Å². The summed E-state index contributed by atoms with van der Waals surface area (Å²) in [6.07, 6.45) is -3.77. The number of morpholine rings is 1. The lowest BCUT2D eigenvalue weighted by atomic mass is 10.1. The molecule has 3 rings (SSSR count). The summed E-state index contributed by atoms with van der Waals surface area (Å²) in [6.45, 7) is 0.634. The first-order chi connectivity index (χ1) is 13.2. The SMILES string of the molecule is COc1ccc(-n2ccc(C)c(C(=O)N3CCOC(C(F)(F)F)C3)c2=O)cn1. The number of alkyl halides is 3. The Balaban J connectivity index is 1.95. The molecule has 3 heterocycles. The molecular formula is C18H18F3N3O4. The number of hydrogen-bond donors (Lipinski definition) is 0. The number of carbonyl (C=O) groups excluding carboxylic acids is 1. The molecule has 0 spiro atoms. The summed E-state index contributed by atoms with van der Waals surface area (Å²) in [7, 11) is 1.45. The minimum atomic E-state index is -4.58. The van der Waals surface area contributed by atoms with Gasteiger partial charge >= 0.3 is 6.18 Å². The standard InChI is InChI=1S/C18H18F3N3O4/c1-11-5-6-24(12-3-4-14(27-2)22-9-12)17(26)15(11)16(25)23-7-8-28-13(10-23)18(19,20)21/h3-6,9,13H,7-8,10H2,1-2H3. The van der Waals surface area contributed by atoms with E-state index in [1.807, 2.05) is 0 Å². The molecule has 1 atom stereocenters. The number of aromatic nitrogens is 2. The average Bonchev–Trinajstić information content (AvgIpc) is 2.67. The zero-order valence-corrected chi connectivity index (χ0v) is 15.2. The van der Waals surface area contributed by atoms with Crippen LogP contribution in [0.1, 0.15) is 15.9 Å². The molecule has 0 aromatic carbocycles. The van der Waals surface area contributed by atoms with Crippen LogP contribution in [0.15, 0.2) is 35.4 Å². The Hall–Kier alpha value is -2.88. The van der Waals surface area contributed by atoms with Crippen molar-refractivity contribution in [3.05, 3.63) is 52.1 Å². The summed E-state index contributed by atoms with van der Waals surface area (Å²) >= 11 is 0. The molecule has 1 aliphatic rings. The summed E-state index contributed by atoms with van der Waals surface area (Å²) in [5.41, 5.74) is -0.0362. The van der Waals surface area contributed by atoms with Crippen molar-refractivity contribution in [3.63, 3.8) is 0 Å². The Morgan fingerprint density at radius 3 is 2.68 bits per heavy atom. The first kappa shape index (κ1) is 19.9. The number of rotatable bonds is 3. The molecule has 0 radical (unpaired) electrons. The van der Waals surface area contributed by atoms with Gasteiger partial charge in [-0.3, -0.25) is 14.2 Å². The van der Waals surface area contributed by atoms with Crippen molar-refractivity contribution in [2.45, 2.75) is 19.2 Å². The smallest absolute Gasteiger partial charge is 0.416 e. The van der Waals surface area contributed by atoms with Crippen LogP contribution in [0, 0.1) is 6.92 Å². The quantitative estimate of drug-likeness (QED) is 0.792.